The summed E-state index contributed by atoms with van der Waals surface area (Å²) in [5.74, 6) is 5.14. The highest BCUT2D eigenvalue weighted by atomic mass is 19.1. The van der Waals surface area contributed by atoms with Crippen LogP contribution in [-0.2, 0) is 4.79 Å². The molecule has 1 aromatic carbocycles. The number of hydrogen-bond donors (Lipinski definition) is 3. The van der Waals surface area contributed by atoms with Crippen molar-refractivity contribution in [3.63, 3.8) is 0 Å². The molecule has 0 aliphatic carbocycles. The summed E-state index contributed by atoms with van der Waals surface area (Å²) in [4.78, 5) is 26.9. The number of benzene rings is 1. The van der Waals surface area contributed by atoms with Crippen LogP contribution in [-0.4, -0.2) is 29.3 Å². The lowest BCUT2D eigenvalue weighted by Gasteiger charge is -2.05. The number of rotatable bonds is 2. The minimum atomic E-state index is -0.461. The minimum absolute atomic E-state index is 0.0410. The van der Waals surface area contributed by atoms with E-state index >= 15 is 0 Å². The van der Waals surface area contributed by atoms with Crippen LogP contribution in [0.3, 0.4) is 0 Å². The van der Waals surface area contributed by atoms with Gasteiger partial charge in [-0.05, 0) is 50.6 Å². The Balaban J connectivity index is 1.79. The van der Waals surface area contributed by atoms with Gasteiger partial charge in [-0.1, -0.05) is 11.8 Å². The number of carbonyl (C=O) groups is 2. The fourth-order valence-electron chi connectivity index (χ4n) is 3.35. The van der Waals surface area contributed by atoms with Gasteiger partial charge in [-0.2, -0.15) is 0 Å². The second-order valence-corrected chi connectivity index (χ2v) is 6.68. The third kappa shape index (κ3) is 3.29. The van der Waals surface area contributed by atoms with Gasteiger partial charge in [0.05, 0.1) is 22.9 Å². The van der Waals surface area contributed by atoms with E-state index in [-0.39, 0.29) is 23.3 Å². The number of aromatic amines is 1. The number of amides is 1. The van der Waals surface area contributed by atoms with Gasteiger partial charge >= 0.3 is 0 Å². The molecule has 1 aromatic heterocycles. The van der Waals surface area contributed by atoms with Gasteiger partial charge in [-0.3, -0.25) is 9.59 Å². The average Bonchev–Trinajstić information content (AvgIpc) is 3.36. The quantitative estimate of drug-likeness (QED) is 0.436. The molecule has 4 rings (SSSR count). The summed E-state index contributed by atoms with van der Waals surface area (Å²) in [6, 6.07) is 4.56. The third-order valence-corrected chi connectivity index (χ3v) is 4.76. The first-order valence-corrected chi connectivity index (χ1v) is 8.83. The van der Waals surface area contributed by atoms with E-state index < -0.39 is 5.82 Å². The van der Waals surface area contributed by atoms with E-state index in [0.717, 1.165) is 19.4 Å². The number of Topliss-reactive ketones (excluding diaryl/α,β-unsaturated/α-hetero) is 1. The Morgan fingerprint density at radius 2 is 2.22 bits per heavy atom. The Hall–Kier alpha value is -3.17. The summed E-state index contributed by atoms with van der Waals surface area (Å²) in [7, 11) is 0. The zero-order valence-corrected chi connectivity index (χ0v) is 14.8. The van der Waals surface area contributed by atoms with Gasteiger partial charge in [0.15, 0.2) is 5.78 Å². The maximum atomic E-state index is 14.5. The number of halogens is 1. The Morgan fingerprint density at radius 3 is 2.93 bits per heavy atom. The number of aromatic nitrogens is 1. The molecule has 2 aliphatic rings. The van der Waals surface area contributed by atoms with E-state index in [4.69, 9.17) is 0 Å². The van der Waals surface area contributed by atoms with Crippen LogP contribution in [0.25, 0.3) is 11.6 Å². The van der Waals surface area contributed by atoms with E-state index in [1.165, 1.54) is 19.1 Å². The van der Waals surface area contributed by atoms with Crippen LogP contribution in [0.4, 0.5) is 10.1 Å². The van der Waals surface area contributed by atoms with Crippen molar-refractivity contribution in [3.8, 4) is 11.8 Å². The molecule has 3 heterocycles. The molecule has 0 unspecified atom stereocenters. The lowest BCUT2D eigenvalue weighted by Crippen LogP contribution is -2.18. The number of ketones is 1. The summed E-state index contributed by atoms with van der Waals surface area (Å²) in [6.45, 7) is 2.38. The predicted molar refractivity (Wildman–Crippen MR) is 102 cm³/mol. The maximum absolute atomic E-state index is 14.5. The van der Waals surface area contributed by atoms with Gasteiger partial charge in [-0.15, -0.1) is 0 Å². The van der Waals surface area contributed by atoms with Crippen molar-refractivity contribution in [1.29, 1.82) is 0 Å². The molecular weight excluding hydrogens is 345 g/mol. The van der Waals surface area contributed by atoms with E-state index in [1.54, 1.807) is 18.3 Å². The monoisotopic (exact) mass is 363 g/mol. The molecule has 136 valence electrons. The van der Waals surface area contributed by atoms with Crippen LogP contribution in [0, 0.1) is 17.7 Å². The summed E-state index contributed by atoms with van der Waals surface area (Å²) in [5.41, 5.74) is 2.65. The first-order chi connectivity index (χ1) is 13.0. The van der Waals surface area contributed by atoms with Crippen LogP contribution in [0.5, 0.6) is 0 Å². The highest BCUT2D eigenvalue weighted by molar-refractivity contribution is 6.35. The second-order valence-electron chi connectivity index (χ2n) is 6.68. The fraction of sp³-hybridized carbons (Fsp3) is 0.238. The van der Waals surface area contributed by atoms with E-state index in [9.17, 15) is 14.0 Å². The Labute approximate surface area is 156 Å². The molecular formula is C21H18FN3O2. The fourth-order valence-corrected chi connectivity index (χ4v) is 3.35. The molecule has 1 saturated heterocycles. The van der Waals surface area contributed by atoms with Crippen molar-refractivity contribution in [2.24, 2.45) is 0 Å². The lowest BCUT2D eigenvalue weighted by molar-refractivity contribution is -0.110. The Morgan fingerprint density at radius 1 is 1.37 bits per heavy atom. The third-order valence-electron chi connectivity index (χ3n) is 4.76. The van der Waals surface area contributed by atoms with Crippen LogP contribution in [0.1, 0.15) is 46.9 Å². The molecule has 0 bridgehead atoms. The summed E-state index contributed by atoms with van der Waals surface area (Å²) in [6.07, 6.45) is 5.18. The molecule has 2 aliphatic heterocycles. The van der Waals surface area contributed by atoms with Crippen molar-refractivity contribution >= 4 is 29.0 Å². The number of nitrogens with one attached hydrogen (secondary N) is 3. The Kier molecular flexibility index (Phi) is 4.38. The van der Waals surface area contributed by atoms with Crippen LogP contribution in [0.2, 0.25) is 0 Å². The smallest absolute Gasteiger partial charge is 0.256 e. The SMILES string of the molecule is CC(=O)c1c[nH]c(C=C2C(=O)Nc3ccc(F)c(C#C[C@@H]4CCCN4)c32)c1. The highest BCUT2D eigenvalue weighted by Crippen LogP contribution is 2.36. The normalized spacial score (nSPS) is 19.6. The van der Waals surface area contributed by atoms with Gasteiger partial charge in [-0.25, -0.2) is 4.39 Å². The number of hydrogen-bond acceptors (Lipinski definition) is 3. The molecule has 27 heavy (non-hydrogen) atoms. The molecule has 0 saturated carbocycles. The first kappa shape index (κ1) is 17.3. The molecule has 3 N–H and O–H groups in total. The standard InChI is InChI=1S/C21H18FN3O2/c1-12(26)13-9-15(24-11-13)10-17-20-16(5-4-14-3-2-8-23-14)18(22)6-7-19(20)25-21(17)27/h6-7,9-11,14,23-24H,2-3,8H2,1H3,(H,25,27)/t14-/m0/s1. The van der Waals surface area contributed by atoms with Crippen molar-refractivity contribution < 1.29 is 14.0 Å². The van der Waals surface area contributed by atoms with Crippen LogP contribution in [0.15, 0.2) is 24.4 Å². The molecule has 0 radical (unpaired) electrons. The molecule has 0 spiro atoms. The van der Waals surface area contributed by atoms with Gasteiger partial charge in [0.1, 0.15) is 5.82 Å². The topological polar surface area (TPSA) is 74.0 Å². The average molecular weight is 363 g/mol. The van der Waals surface area contributed by atoms with Crippen molar-refractivity contribution in [1.82, 2.24) is 10.3 Å². The number of carbonyl (C=O) groups excluding carboxylic acids is 2. The highest BCUT2D eigenvalue weighted by Gasteiger charge is 2.28. The van der Waals surface area contributed by atoms with Gasteiger partial charge in [0.25, 0.3) is 5.91 Å². The molecule has 5 nitrogen and oxygen atoms in total. The Bertz CT molecular complexity index is 1030. The summed E-state index contributed by atoms with van der Waals surface area (Å²) < 4.78 is 14.5. The summed E-state index contributed by atoms with van der Waals surface area (Å²) >= 11 is 0. The van der Waals surface area contributed by atoms with E-state index in [0.29, 0.717) is 28.1 Å². The molecule has 1 amide bonds. The second kappa shape index (κ2) is 6.86. The van der Waals surface area contributed by atoms with Crippen molar-refractivity contribution in [2.45, 2.75) is 25.8 Å². The van der Waals surface area contributed by atoms with Gasteiger partial charge in [0, 0.05) is 23.0 Å². The summed E-state index contributed by atoms with van der Waals surface area (Å²) in [5, 5.41) is 6.01. The van der Waals surface area contributed by atoms with Crippen molar-refractivity contribution in [3.05, 3.63) is 52.6 Å². The van der Waals surface area contributed by atoms with E-state index in [2.05, 4.69) is 27.5 Å². The number of H-pyrrole nitrogens is 1. The van der Waals surface area contributed by atoms with Crippen molar-refractivity contribution in [2.75, 3.05) is 11.9 Å². The molecule has 1 atom stereocenters. The maximum Gasteiger partial charge on any atom is 0.256 e. The molecule has 1 fully saturated rings. The lowest BCUT2D eigenvalue weighted by atomic mass is 9.98. The molecule has 2 aromatic rings. The number of fused-ring (bicyclic) bond motifs is 1. The first-order valence-electron chi connectivity index (χ1n) is 8.83. The van der Waals surface area contributed by atoms with E-state index in [1.807, 2.05) is 0 Å². The van der Waals surface area contributed by atoms with Crippen LogP contribution < -0.4 is 10.6 Å². The zero-order chi connectivity index (χ0) is 19.0. The zero-order valence-electron chi connectivity index (χ0n) is 14.8. The van der Waals surface area contributed by atoms with Gasteiger partial charge < -0.3 is 15.6 Å². The predicted octanol–water partition coefficient (Wildman–Crippen LogP) is 2.95. The van der Waals surface area contributed by atoms with Crippen LogP contribution >= 0.6 is 0 Å². The largest absolute Gasteiger partial charge is 0.361 e. The minimum Gasteiger partial charge on any atom is -0.361 e. The molecule has 6 heteroatoms. The number of anilines is 1. The van der Waals surface area contributed by atoms with Gasteiger partial charge in [0.2, 0.25) is 0 Å².